The molecule has 0 spiro atoms. The molecule has 1 unspecified atom stereocenters. The van der Waals surface area contributed by atoms with E-state index in [9.17, 15) is 14.4 Å². The second-order valence-electron chi connectivity index (χ2n) is 8.92. The van der Waals surface area contributed by atoms with Gasteiger partial charge >= 0.3 is 0 Å². The lowest BCUT2D eigenvalue weighted by molar-refractivity contribution is -0.123. The molecule has 1 aromatic carbocycles. The number of nitrogens with zero attached hydrogens (tertiary/aromatic N) is 4. The minimum Gasteiger partial charge on any atom is -0.483 e. The fourth-order valence-electron chi connectivity index (χ4n) is 4.48. The number of nitrogens with one attached hydrogen (secondary N) is 1. The van der Waals surface area contributed by atoms with E-state index in [-0.39, 0.29) is 36.4 Å². The number of anilines is 1. The molecule has 1 amide bonds. The normalized spacial score (nSPS) is 15.2. The molecule has 2 aromatic heterocycles. The average Bonchev–Trinajstić information content (AvgIpc) is 3.27. The molecular formula is C27H32N6O4. The Bertz CT molecular complexity index is 1410. The van der Waals surface area contributed by atoms with Crippen molar-refractivity contribution in [2.75, 3.05) is 31.1 Å². The van der Waals surface area contributed by atoms with E-state index in [0.29, 0.717) is 47.9 Å². The third-order valence-electron chi connectivity index (χ3n) is 6.24. The first-order chi connectivity index (χ1) is 17.9. The summed E-state index contributed by atoms with van der Waals surface area (Å²) >= 11 is 0. The Kier molecular flexibility index (Phi) is 8.25. The lowest BCUT2D eigenvalue weighted by Gasteiger charge is -2.31. The predicted octanol–water partition coefficient (Wildman–Crippen LogP) is 1.55. The van der Waals surface area contributed by atoms with E-state index < -0.39 is 0 Å². The molecule has 1 aliphatic rings. The van der Waals surface area contributed by atoms with Gasteiger partial charge in [-0.1, -0.05) is 18.1 Å². The summed E-state index contributed by atoms with van der Waals surface area (Å²) in [4.78, 5) is 45.5. The maximum atomic E-state index is 13.6. The fourth-order valence-corrected chi connectivity index (χ4v) is 4.48. The molecule has 3 aromatic rings. The summed E-state index contributed by atoms with van der Waals surface area (Å²) in [6, 6.07) is 8.48. The number of nitrogens with two attached hydrogens (primary N) is 1. The van der Waals surface area contributed by atoms with E-state index in [4.69, 9.17) is 15.5 Å². The smallest absolute Gasteiger partial charge is 0.277 e. The topological polar surface area (TPSA) is 124 Å². The van der Waals surface area contributed by atoms with Crippen molar-refractivity contribution in [3.05, 3.63) is 52.4 Å². The third-order valence-corrected chi connectivity index (χ3v) is 6.24. The highest BCUT2D eigenvalue weighted by Crippen LogP contribution is 2.24. The number of likely N-dealkylation sites (N-methyl/N-ethyl adjacent to an activating group) is 1. The van der Waals surface area contributed by atoms with Crippen molar-refractivity contribution in [2.24, 2.45) is 5.73 Å². The molecule has 1 fully saturated rings. The summed E-state index contributed by atoms with van der Waals surface area (Å²) in [5.74, 6) is 6.29. The van der Waals surface area contributed by atoms with Crippen LogP contribution in [0, 0.1) is 11.8 Å². The van der Waals surface area contributed by atoms with Gasteiger partial charge in [0.05, 0.1) is 24.2 Å². The standard InChI is InChI=1S/C27H32N6O4/c1-3-5-14-33-25-21(30-27(33)32-13-8-9-19(28)16-32)12-15-31(26(25)36)17-22(34)20-10-6-7-11-23(20)37-18-24(35)29-4-2/h6-7,10-12,15,19H,4,8-9,13-14,16-18,28H2,1-2H3,(H,29,35). The third kappa shape index (κ3) is 5.84. The van der Waals surface area contributed by atoms with Crippen LogP contribution in [-0.2, 0) is 17.9 Å². The maximum Gasteiger partial charge on any atom is 0.277 e. The molecule has 1 saturated heterocycles. The highest BCUT2D eigenvalue weighted by atomic mass is 16.5. The number of benzene rings is 1. The van der Waals surface area contributed by atoms with Crippen molar-refractivity contribution in [2.45, 2.75) is 45.8 Å². The van der Waals surface area contributed by atoms with Gasteiger partial charge in [0.1, 0.15) is 11.3 Å². The molecule has 194 valence electrons. The second kappa shape index (κ2) is 11.8. The maximum absolute atomic E-state index is 13.6. The number of hydrogen-bond donors (Lipinski definition) is 2. The Labute approximate surface area is 215 Å². The van der Waals surface area contributed by atoms with Crippen LogP contribution in [-0.4, -0.2) is 58.1 Å². The first kappa shape index (κ1) is 26.0. The van der Waals surface area contributed by atoms with Crippen molar-refractivity contribution in [3.63, 3.8) is 0 Å². The van der Waals surface area contributed by atoms with Crippen LogP contribution in [0.1, 0.15) is 37.0 Å². The zero-order chi connectivity index (χ0) is 26.4. The number of piperidine rings is 1. The second-order valence-corrected chi connectivity index (χ2v) is 8.92. The number of ether oxygens (including phenoxy) is 1. The molecule has 3 heterocycles. The van der Waals surface area contributed by atoms with Gasteiger partial charge in [0, 0.05) is 31.9 Å². The Morgan fingerprint density at radius 3 is 2.84 bits per heavy atom. The van der Waals surface area contributed by atoms with Gasteiger partial charge in [0.2, 0.25) is 5.95 Å². The van der Waals surface area contributed by atoms with Crippen LogP contribution < -0.4 is 26.2 Å². The predicted molar refractivity (Wildman–Crippen MR) is 142 cm³/mol. The highest BCUT2D eigenvalue weighted by molar-refractivity contribution is 5.98. The number of ketones is 1. The van der Waals surface area contributed by atoms with E-state index in [2.05, 4.69) is 22.1 Å². The Morgan fingerprint density at radius 2 is 2.08 bits per heavy atom. The van der Waals surface area contributed by atoms with Gasteiger partial charge in [-0.25, -0.2) is 4.98 Å². The summed E-state index contributed by atoms with van der Waals surface area (Å²) < 4.78 is 8.77. The quantitative estimate of drug-likeness (QED) is 0.335. The number of carbonyl (C=O) groups excluding carboxylic acids is 2. The van der Waals surface area contributed by atoms with Crippen LogP contribution in [0.3, 0.4) is 0 Å². The molecule has 1 aliphatic heterocycles. The Morgan fingerprint density at radius 1 is 1.27 bits per heavy atom. The summed E-state index contributed by atoms with van der Waals surface area (Å²) in [5, 5.41) is 2.65. The lowest BCUT2D eigenvalue weighted by atomic mass is 10.1. The number of rotatable bonds is 9. The summed E-state index contributed by atoms with van der Waals surface area (Å²) in [7, 11) is 0. The molecule has 0 bridgehead atoms. The van der Waals surface area contributed by atoms with E-state index in [1.807, 2.05) is 11.5 Å². The zero-order valence-corrected chi connectivity index (χ0v) is 21.2. The van der Waals surface area contributed by atoms with E-state index in [0.717, 1.165) is 19.4 Å². The number of carbonyl (C=O) groups is 2. The fraction of sp³-hybridized carbons (Fsp3) is 0.407. The Hall–Kier alpha value is -4.10. The first-order valence-electron chi connectivity index (χ1n) is 12.4. The van der Waals surface area contributed by atoms with Crippen molar-refractivity contribution in [1.29, 1.82) is 0 Å². The van der Waals surface area contributed by atoms with Gasteiger partial charge in [-0.2, -0.15) is 0 Å². The van der Waals surface area contributed by atoms with Gasteiger partial charge in [0.25, 0.3) is 11.5 Å². The first-order valence-corrected chi connectivity index (χ1v) is 12.4. The van der Waals surface area contributed by atoms with Crippen molar-refractivity contribution >= 4 is 28.7 Å². The highest BCUT2D eigenvalue weighted by Gasteiger charge is 2.24. The van der Waals surface area contributed by atoms with Gasteiger partial charge in [-0.05, 0) is 44.9 Å². The number of pyridine rings is 1. The minimum atomic E-state index is -0.329. The molecule has 0 radical (unpaired) electrons. The van der Waals surface area contributed by atoms with Crippen LogP contribution in [0.15, 0.2) is 41.3 Å². The minimum absolute atomic E-state index is 0.0453. The number of para-hydroxylation sites is 1. The Balaban J connectivity index is 1.65. The SMILES string of the molecule is CC#CCn1c(N2CCCC(N)C2)nc2ccn(CC(=O)c3ccccc3OCC(=O)NCC)c(=O)c21. The van der Waals surface area contributed by atoms with Crippen LogP contribution in [0.25, 0.3) is 11.0 Å². The molecule has 37 heavy (non-hydrogen) atoms. The number of Topliss-reactive ketones (excluding diaryl/α,β-unsaturated/α-hetero) is 1. The van der Waals surface area contributed by atoms with Crippen molar-refractivity contribution in [3.8, 4) is 17.6 Å². The molecular weight excluding hydrogens is 472 g/mol. The van der Waals surface area contributed by atoms with E-state index in [1.54, 1.807) is 43.5 Å². The average molecular weight is 505 g/mol. The largest absolute Gasteiger partial charge is 0.483 e. The van der Waals surface area contributed by atoms with E-state index in [1.165, 1.54) is 4.57 Å². The summed E-state index contributed by atoms with van der Waals surface area (Å²) in [6.07, 6.45) is 3.48. The van der Waals surface area contributed by atoms with E-state index >= 15 is 0 Å². The molecule has 10 heteroatoms. The molecule has 1 atom stereocenters. The summed E-state index contributed by atoms with van der Waals surface area (Å²) in [5.41, 5.74) is 7.11. The number of fused-ring (bicyclic) bond motifs is 1. The summed E-state index contributed by atoms with van der Waals surface area (Å²) in [6.45, 7) is 5.42. The van der Waals surface area contributed by atoms with Gasteiger partial charge in [0.15, 0.2) is 12.4 Å². The number of aromatic nitrogens is 3. The molecule has 0 saturated carbocycles. The number of amides is 1. The van der Waals surface area contributed by atoms with Gasteiger partial charge < -0.3 is 25.3 Å². The van der Waals surface area contributed by atoms with Crippen LogP contribution in [0.5, 0.6) is 5.75 Å². The van der Waals surface area contributed by atoms with Crippen LogP contribution in [0.4, 0.5) is 5.95 Å². The molecule has 10 nitrogen and oxygen atoms in total. The molecule has 0 aliphatic carbocycles. The number of hydrogen-bond acceptors (Lipinski definition) is 7. The number of imidazole rings is 1. The molecule has 3 N–H and O–H groups in total. The lowest BCUT2D eigenvalue weighted by Crippen LogP contribution is -2.44. The zero-order valence-electron chi connectivity index (χ0n) is 21.2. The molecule has 4 rings (SSSR count). The van der Waals surface area contributed by atoms with Crippen molar-refractivity contribution in [1.82, 2.24) is 19.4 Å². The van der Waals surface area contributed by atoms with Crippen molar-refractivity contribution < 1.29 is 14.3 Å². The van der Waals surface area contributed by atoms with Gasteiger partial charge in [-0.15, -0.1) is 5.92 Å². The van der Waals surface area contributed by atoms with Gasteiger partial charge in [-0.3, -0.25) is 19.0 Å². The van der Waals surface area contributed by atoms with Crippen LogP contribution in [0.2, 0.25) is 0 Å². The monoisotopic (exact) mass is 504 g/mol. The van der Waals surface area contributed by atoms with Crippen LogP contribution >= 0.6 is 0 Å².